The van der Waals surface area contributed by atoms with Crippen molar-refractivity contribution in [2.24, 2.45) is 0 Å². The molecular weight excluding hydrogens is 631 g/mol. The van der Waals surface area contributed by atoms with Crippen molar-refractivity contribution in [3.05, 3.63) is 157 Å². The van der Waals surface area contributed by atoms with Crippen molar-refractivity contribution in [2.75, 3.05) is 5.32 Å². The first-order valence-corrected chi connectivity index (χ1v) is 18.5. The van der Waals surface area contributed by atoms with Crippen LogP contribution < -0.4 is 5.32 Å². The van der Waals surface area contributed by atoms with Crippen LogP contribution in [0.2, 0.25) is 0 Å². The second-order valence-electron chi connectivity index (χ2n) is 15.7. The van der Waals surface area contributed by atoms with E-state index in [0.29, 0.717) is 5.92 Å². The van der Waals surface area contributed by atoms with E-state index < -0.39 is 0 Å². The second kappa shape index (κ2) is 11.2. The van der Waals surface area contributed by atoms with Crippen LogP contribution >= 0.6 is 0 Å². The normalized spacial score (nSPS) is 12.7. The van der Waals surface area contributed by atoms with Crippen LogP contribution in [0, 0.1) is 0 Å². The van der Waals surface area contributed by atoms with Gasteiger partial charge in [-0.25, -0.2) is 0 Å². The molecule has 0 amide bonds. The second-order valence-corrected chi connectivity index (χ2v) is 15.7. The van der Waals surface area contributed by atoms with Gasteiger partial charge in [-0.3, -0.25) is 0 Å². The number of para-hydroxylation sites is 4. The molecule has 10 rings (SSSR count). The summed E-state index contributed by atoms with van der Waals surface area (Å²) in [6.07, 6.45) is 0. The predicted octanol–water partition coefficient (Wildman–Crippen LogP) is 13.7. The van der Waals surface area contributed by atoms with E-state index in [1.54, 1.807) is 0 Å². The molecule has 2 aromatic heterocycles. The Balaban J connectivity index is 1.37. The topological polar surface area (TPSA) is 21.9 Å². The third kappa shape index (κ3) is 4.52. The summed E-state index contributed by atoms with van der Waals surface area (Å²) in [7, 11) is 0. The lowest BCUT2D eigenvalue weighted by Gasteiger charge is -2.30. The van der Waals surface area contributed by atoms with Crippen molar-refractivity contribution in [1.29, 1.82) is 0 Å². The molecule has 0 unspecified atom stereocenters. The molecule has 9 aromatic rings. The molecule has 3 heteroatoms. The van der Waals surface area contributed by atoms with E-state index in [9.17, 15) is 0 Å². The van der Waals surface area contributed by atoms with Crippen molar-refractivity contribution in [2.45, 2.75) is 46.0 Å². The van der Waals surface area contributed by atoms with Gasteiger partial charge in [0.25, 0.3) is 0 Å². The summed E-state index contributed by atoms with van der Waals surface area (Å²) in [5.74, 6) is 0.306. The van der Waals surface area contributed by atoms with Crippen LogP contribution in [0.5, 0.6) is 0 Å². The molecule has 0 radical (unpaired) electrons. The lowest BCUT2D eigenvalue weighted by atomic mass is 9.77. The van der Waals surface area contributed by atoms with Gasteiger partial charge in [-0.15, -0.1) is 0 Å². The number of hydrogen-bond donors (Lipinski definition) is 1. The molecule has 3 heterocycles. The minimum Gasteiger partial charge on any atom is -0.354 e. The average Bonchev–Trinajstić information content (AvgIpc) is 3.65. The molecule has 0 fully saturated rings. The van der Waals surface area contributed by atoms with Crippen LogP contribution in [0.15, 0.2) is 146 Å². The highest BCUT2D eigenvalue weighted by Gasteiger charge is 2.28. The number of benzene rings is 7. The van der Waals surface area contributed by atoms with Crippen LogP contribution in [0.1, 0.15) is 51.7 Å². The molecule has 3 nitrogen and oxygen atoms in total. The fourth-order valence-electron chi connectivity index (χ4n) is 8.69. The largest absolute Gasteiger partial charge is 0.354 e. The first-order chi connectivity index (χ1) is 25.3. The lowest BCUT2D eigenvalue weighted by molar-refractivity contribution is 0.590. The number of aromatic nitrogens is 2. The number of hydrogen-bond acceptors (Lipinski definition) is 1. The molecule has 0 aliphatic carbocycles. The van der Waals surface area contributed by atoms with E-state index in [4.69, 9.17) is 0 Å². The minimum absolute atomic E-state index is 0.0349. The van der Waals surface area contributed by atoms with E-state index >= 15 is 0 Å². The van der Waals surface area contributed by atoms with E-state index in [-0.39, 0.29) is 5.41 Å². The van der Waals surface area contributed by atoms with Crippen molar-refractivity contribution in [1.82, 2.24) is 9.13 Å². The summed E-state index contributed by atoms with van der Waals surface area (Å²) >= 11 is 0. The van der Waals surface area contributed by atoms with Gasteiger partial charge < -0.3 is 14.5 Å². The van der Waals surface area contributed by atoms with Crippen molar-refractivity contribution in [3.63, 3.8) is 0 Å². The maximum atomic E-state index is 4.08. The molecule has 0 saturated heterocycles. The van der Waals surface area contributed by atoms with Crippen LogP contribution in [0.3, 0.4) is 0 Å². The lowest BCUT2D eigenvalue weighted by Crippen LogP contribution is -2.14. The Bertz CT molecular complexity index is 2680. The molecule has 7 aromatic carbocycles. The zero-order valence-corrected chi connectivity index (χ0v) is 30.3. The van der Waals surface area contributed by atoms with Crippen LogP contribution in [0.4, 0.5) is 11.4 Å². The predicted molar refractivity (Wildman–Crippen MR) is 222 cm³/mol. The van der Waals surface area contributed by atoms with E-state index in [2.05, 4.69) is 195 Å². The zero-order valence-electron chi connectivity index (χ0n) is 30.3. The van der Waals surface area contributed by atoms with Gasteiger partial charge in [0.15, 0.2) is 0 Å². The Kier molecular flexibility index (Phi) is 6.63. The Morgan fingerprint density at radius 2 is 0.865 bits per heavy atom. The maximum absolute atomic E-state index is 4.08. The Labute approximate surface area is 304 Å². The van der Waals surface area contributed by atoms with Gasteiger partial charge in [-0.05, 0) is 94.3 Å². The van der Waals surface area contributed by atoms with Gasteiger partial charge in [-0.2, -0.15) is 0 Å². The molecule has 0 saturated carbocycles. The Morgan fingerprint density at radius 1 is 0.442 bits per heavy atom. The number of rotatable bonds is 3. The third-order valence-corrected chi connectivity index (χ3v) is 11.1. The molecular formula is C49H41N3. The molecule has 1 N–H and O–H groups in total. The number of nitrogens with one attached hydrogen (secondary N) is 1. The van der Waals surface area contributed by atoms with Gasteiger partial charge in [0.2, 0.25) is 0 Å². The molecule has 252 valence electrons. The van der Waals surface area contributed by atoms with Gasteiger partial charge in [0, 0.05) is 55.4 Å². The summed E-state index contributed by atoms with van der Waals surface area (Å²) in [5, 5.41) is 9.13. The summed E-state index contributed by atoms with van der Waals surface area (Å²) in [4.78, 5) is 0. The number of fused-ring (bicyclic) bond motifs is 12. The minimum atomic E-state index is -0.0349. The highest BCUT2D eigenvalue weighted by Crippen LogP contribution is 2.51. The summed E-state index contributed by atoms with van der Waals surface area (Å²) < 4.78 is 4.84. The van der Waals surface area contributed by atoms with Gasteiger partial charge in [0.05, 0.1) is 22.1 Å². The first kappa shape index (κ1) is 30.7. The number of nitrogens with zero attached hydrogens (tertiary/aromatic N) is 2. The van der Waals surface area contributed by atoms with Crippen molar-refractivity contribution >= 4 is 55.0 Å². The smallest absolute Gasteiger partial charge is 0.0562 e. The fourth-order valence-corrected chi connectivity index (χ4v) is 8.69. The molecule has 1 aliphatic rings. The quantitative estimate of drug-likeness (QED) is 0.198. The van der Waals surface area contributed by atoms with Gasteiger partial charge in [0.1, 0.15) is 0 Å². The maximum Gasteiger partial charge on any atom is 0.0562 e. The highest BCUT2D eigenvalue weighted by molar-refractivity contribution is 6.15. The molecule has 0 spiro atoms. The standard InChI is InChI=1S/C49H41N3/c1-30(2)48-40-24-31(49(3,4)5)25-41(48)37-27-39-35-21-13-15-23-45(35)52(33-18-10-7-11-19-33)47(39)29-43(37)50-42-28-46-38(26-36(40)42)34-20-12-14-22-44(34)51(46)32-16-8-6-9-17-32/h6-30,50H,1-5H3. The van der Waals surface area contributed by atoms with Crippen LogP contribution in [0.25, 0.3) is 77.2 Å². The van der Waals surface area contributed by atoms with Gasteiger partial charge in [-0.1, -0.05) is 120 Å². The van der Waals surface area contributed by atoms with Crippen molar-refractivity contribution in [3.8, 4) is 33.6 Å². The molecule has 2 bridgehead atoms. The molecule has 52 heavy (non-hydrogen) atoms. The summed E-state index contributed by atoms with van der Waals surface area (Å²) in [6, 6.07) is 53.9. The van der Waals surface area contributed by atoms with E-state index in [0.717, 1.165) is 22.7 Å². The highest BCUT2D eigenvalue weighted by atomic mass is 15.0. The SMILES string of the molecule is CC(C)c1c2cc(C(C)(C)C)cc1-c1cc3c4ccccc4n(-c4ccccc4)c3cc1Nc1cc3c(cc1-2)c1ccccc1n3-c1ccccc1. The first-order valence-electron chi connectivity index (χ1n) is 18.5. The molecule has 0 atom stereocenters. The summed E-state index contributed by atoms with van der Waals surface area (Å²) in [6.45, 7) is 11.7. The average molecular weight is 672 g/mol. The van der Waals surface area contributed by atoms with E-state index in [1.807, 2.05) is 0 Å². The van der Waals surface area contributed by atoms with Crippen molar-refractivity contribution < 1.29 is 0 Å². The van der Waals surface area contributed by atoms with Crippen LogP contribution in [-0.2, 0) is 5.41 Å². The monoisotopic (exact) mass is 671 g/mol. The fraction of sp³-hybridized carbons (Fsp3) is 0.143. The Hall–Kier alpha value is -6.06. The Morgan fingerprint density at radius 3 is 1.29 bits per heavy atom. The zero-order chi connectivity index (χ0) is 35.3. The van der Waals surface area contributed by atoms with Crippen LogP contribution in [-0.4, -0.2) is 9.13 Å². The molecule has 1 aliphatic heterocycles. The van der Waals surface area contributed by atoms with Gasteiger partial charge >= 0.3 is 0 Å². The van der Waals surface area contributed by atoms with E-state index in [1.165, 1.54) is 77.0 Å². The third-order valence-electron chi connectivity index (χ3n) is 11.1. The summed E-state index contributed by atoms with van der Waals surface area (Å²) in [5.41, 5.74) is 17.2. The number of anilines is 2.